The lowest BCUT2D eigenvalue weighted by Crippen LogP contribution is -2.39. The van der Waals surface area contributed by atoms with Crippen molar-refractivity contribution < 1.29 is 14.3 Å². The van der Waals surface area contributed by atoms with Crippen LogP contribution in [-0.2, 0) is 4.79 Å². The lowest BCUT2D eigenvalue weighted by molar-refractivity contribution is -0.117. The number of benzene rings is 2. The van der Waals surface area contributed by atoms with E-state index < -0.39 is 0 Å². The van der Waals surface area contributed by atoms with E-state index in [0.29, 0.717) is 29.6 Å². The summed E-state index contributed by atoms with van der Waals surface area (Å²) in [5.41, 5.74) is 1.77. The molecule has 2 aromatic carbocycles. The number of hydrogen-bond acceptors (Lipinski definition) is 6. The second kappa shape index (κ2) is 8.80. The summed E-state index contributed by atoms with van der Waals surface area (Å²) >= 11 is 1.77. The number of para-hydroxylation sites is 1. The number of nitrogens with one attached hydrogen (secondary N) is 1. The molecule has 1 aliphatic heterocycles. The minimum atomic E-state index is -0.0258. The first-order valence-electron chi connectivity index (χ1n) is 9.76. The second-order valence-electron chi connectivity index (χ2n) is 7.21. The van der Waals surface area contributed by atoms with Gasteiger partial charge in [0.2, 0.25) is 5.91 Å². The van der Waals surface area contributed by atoms with Gasteiger partial charge in [-0.15, -0.1) is 11.3 Å². The van der Waals surface area contributed by atoms with Crippen LogP contribution in [0.5, 0.6) is 11.5 Å². The van der Waals surface area contributed by atoms with Crippen LogP contribution in [0.15, 0.2) is 42.5 Å². The fourth-order valence-corrected chi connectivity index (χ4v) is 4.88. The van der Waals surface area contributed by atoms with Gasteiger partial charge >= 0.3 is 0 Å². The van der Waals surface area contributed by atoms with Crippen LogP contribution in [0.25, 0.3) is 10.2 Å². The van der Waals surface area contributed by atoms with Gasteiger partial charge in [-0.05, 0) is 43.7 Å². The Morgan fingerprint density at radius 3 is 2.83 bits per heavy atom. The number of amides is 1. The van der Waals surface area contributed by atoms with Crippen LogP contribution in [0.1, 0.15) is 23.8 Å². The highest BCUT2D eigenvalue weighted by Gasteiger charge is 2.25. The first-order chi connectivity index (χ1) is 14.2. The average Bonchev–Trinajstić information content (AvgIpc) is 3.18. The molecule has 1 atom stereocenters. The largest absolute Gasteiger partial charge is 0.493 e. The molecule has 3 aromatic rings. The molecular weight excluding hydrogens is 386 g/mol. The molecule has 1 fully saturated rings. The van der Waals surface area contributed by atoms with Gasteiger partial charge in [-0.1, -0.05) is 12.1 Å². The molecule has 1 N–H and O–H groups in total. The van der Waals surface area contributed by atoms with Crippen molar-refractivity contribution >= 4 is 33.1 Å². The fourth-order valence-electron chi connectivity index (χ4n) is 3.78. The number of hydrogen-bond donors (Lipinski definition) is 1. The monoisotopic (exact) mass is 411 g/mol. The summed E-state index contributed by atoms with van der Waals surface area (Å²) in [6.45, 7) is 2.16. The van der Waals surface area contributed by atoms with Crippen LogP contribution in [0.4, 0.5) is 5.69 Å². The van der Waals surface area contributed by atoms with E-state index in [1.54, 1.807) is 37.7 Å². The Bertz CT molecular complexity index is 971. The van der Waals surface area contributed by atoms with Gasteiger partial charge in [0.1, 0.15) is 0 Å². The third kappa shape index (κ3) is 4.52. The van der Waals surface area contributed by atoms with Gasteiger partial charge < -0.3 is 14.8 Å². The van der Waals surface area contributed by atoms with Gasteiger partial charge in [0.25, 0.3) is 0 Å². The summed E-state index contributed by atoms with van der Waals surface area (Å²) in [4.78, 5) is 19.6. The number of ether oxygens (including phenoxy) is 2. The van der Waals surface area contributed by atoms with Gasteiger partial charge in [0, 0.05) is 24.2 Å². The van der Waals surface area contributed by atoms with E-state index in [4.69, 9.17) is 14.5 Å². The van der Waals surface area contributed by atoms with Gasteiger partial charge in [-0.2, -0.15) is 0 Å². The summed E-state index contributed by atoms with van der Waals surface area (Å²) < 4.78 is 11.8. The summed E-state index contributed by atoms with van der Waals surface area (Å²) in [5.74, 6) is 1.59. The van der Waals surface area contributed by atoms with Crippen LogP contribution in [0, 0.1) is 0 Å². The highest BCUT2D eigenvalue weighted by Crippen LogP contribution is 2.33. The Balaban J connectivity index is 1.38. The molecule has 29 heavy (non-hydrogen) atoms. The molecule has 0 aliphatic carbocycles. The molecule has 0 saturated carbocycles. The lowest BCUT2D eigenvalue weighted by Gasteiger charge is -2.31. The molecule has 6 nitrogen and oxygen atoms in total. The van der Waals surface area contributed by atoms with E-state index >= 15 is 0 Å². The van der Waals surface area contributed by atoms with Crippen molar-refractivity contribution in [1.82, 2.24) is 9.88 Å². The van der Waals surface area contributed by atoms with Crippen molar-refractivity contribution in [3.8, 4) is 11.5 Å². The van der Waals surface area contributed by atoms with E-state index in [0.717, 1.165) is 31.4 Å². The zero-order chi connectivity index (χ0) is 20.2. The highest BCUT2D eigenvalue weighted by atomic mass is 32.1. The van der Waals surface area contributed by atoms with E-state index in [-0.39, 0.29) is 5.91 Å². The standard InChI is InChI=1S/C22H25N3O3S/c1-27-18-10-9-16(12-19(18)28-2)23-21(26)14-25-11-5-6-15(13-25)22-24-17-7-3-4-8-20(17)29-22/h3-4,7-10,12,15H,5-6,11,13-14H2,1-2H3,(H,23,26)/t15-/m1/s1. The normalized spacial score (nSPS) is 17.2. The Labute approximate surface area is 174 Å². The molecule has 0 radical (unpaired) electrons. The number of anilines is 1. The van der Waals surface area contributed by atoms with Crippen LogP contribution in [-0.4, -0.2) is 49.6 Å². The number of fused-ring (bicyclic) bond motifs is 1. The zero-order valence-corrected chi connectivity index (χ0v) is 17.5. The third-order valence-electron chi connectivity index (χ3n) is 5.20. The molecule has 2 heterocycles. The number of thiazole rings is 1. The Kier molecular flexibility index (Phi) is 5.97. The first-order valence-corrected chi connectivity index (χ1v) is 10.6. The quantitative estimate of drug-likeness (QED) is 0.661. The number of aromatic nitrogens is 1. The molecule has 1 aliphatic rings. The van der Waals surface area contributed by atoms with Crippen LogP contribution >= 0.6 is 11.3 Å². The molecule has 0 bridgehead atoms. The number of piperidine rings is 1. The van der Waals surface area contributed by atoms with Gasteiger partial charge in [0.05, 0.1) is 36.0 Å². The van der Waals surface area contributed by atoms with Crippen molar-refractivity contribution in [3.05, 3.63) is 47.5 Å². The minimum Gasteiger partial charge on any atom is -0.493 e. The topological polar surface area (TPSA) is 63.7 Å². The first kappa shape index (κ1) is 19.7. The fraction of sp³-hybridized carbons (Fsp3) is 0.364. The molecule has 4 rings (SSSR count). The van der Waals surface area contributed by atoms with Gasteiger partial charge in [-0.25, -0.2) is 4.98 Å². The summed E-state index contributed by atoms with van der Waals surface area (Å²) in [5, 5.41) is 4.14. The van der Waals surface area contributed by atoms with E-state index in [2.05, 4.69) is 28.4 Å². The van der Waals surface area contributed by atoms with E-state index in [9.17, 15) is 4.79 Å². The lowest BCUT2D eigenvalue weighted by atomic mass is 9.99. The van der Waals surface area contributed by atoms with Crippen molar-refractivity contribution in [3.63, 3.8) is 0 Å². The summed E-state index contributed by atoms with van der Waals surface area (Å²) in [6, 6.07) is 13.6. The number of carbonyl (C=O) groups is 1. The predicted molar refractivity (Wildman–Crippen MR) is 116 cm³/mol. The molecule has 7 heteroatoms. The molecule has 0 unspecified atom stereocenters. The van der Waals surface area contributed by atoms with Crippen molar-refractivity contribution in [2.75, 3.05) is 39.2 Å². The van der Waals surface area contributed by atoms with Crippen molar-refractivity contribution in [2.45, 2.75) is 18.8 Å². The number of likely N-dealkylation sites (tertiary alicyclic amines) is 1. The van der Waals surface area contributed by atoms with Gasteiger partial charge in [-0.3, -0.25) is 9.69 Å². The number of rotatable bonds is 6. The Morgan fingerprint density at radius 2 is 2.03 bits per heavy atom. The van der Waals surface area contributed by atoms with Crippen LogP contribution in [0.2, 0.25) is 0 Å². The Hall–Kier alpha value is -2.64. The second-order valence-corrected chi connectivity index (χ2v) is 8.27. The molecular formula is C22H25N3O3S. The number of nitrogens with zero attached hydrogens (tertiary/aromatic N) is 2. The maximum Gasteiger partial charge on any atom is 0.238 e. The molecule has 152 valence electrons. The minimum absolute atomic E-state index is 0.0258. The SMILES string of the molecule is COc1ccc(NC(=O)CN2CCC[C@@H](c3nc4ccccc4s3)C2)cc1OC. The van der Waals surface area contributed by atoms with Crippen molar-refractivity contribution in [2.24, 2.45) is 0 Å². The van der Waals surface area contributed by atoms with Crippen LogP contribution < -0.4 is 14.8 Å². The summed E-state index contributed by atoms with van der Waals surface area (Å²) in [6.07, 6.45) is 2.19. The van der Waals surface area contributed by atoms with E-state index in [1.807, 2.05) is 12.1 Å². The molecule has 1 aromatic heterocycles. The zero-order valence-electron chi connectivity index (χ0n) is 16.7. The molecule has 0 spiro atoms. The molecule has 1 amide bonds. The maximum absolute atomic E-state index is 12.6. The smallest absolute Gasteiger partial charge is 0.238 e. The number of methoxy groups -OCH3 is 2. The van der Waals surface area contributed by atoms with E-state index in [1.165, 1.54) is 9.71 Å². The Morgan fingerprint density at radius 1 is 1.21 bits per heavy atom. The molecule has 1 saturated heterocycles. The van der Waals surface area contributed by atoms with Gasteiger partial charge in [0.15, 0.2) is 11.5 Å². The predicted octanol–water partition coefficient (Wildman–Crippen LogP) is 4.13. The average molecular weight is 412 g/mol. The van der Waals surface area contributed by atoms with Crippen LogP contribution in [0.3, 0.4) is 0 Å². The highest BCUT2D eigenvalue weighted by molar-refractivity contribution is 7.18. The summed E-state index contributed by atoms with van der Waals surface area (Å²) in [7, 11) is 3.17. The third-order valence-corrected chi connectivity index (χ3v) is 6.40. The number of carbonyl (C=O) groups excluding carboxylic acids is 1. The maximum atomic E-state index is 12.6. The van der Waals surface area contributed by atoms with Crippen molar-refractivity contribution in [1.29, 1.82) is 0 Å².